The van der Waals surface area contributed by atoms with E-state index in [1.54, 1.807) is 6.07 Å². The summed E-state index contributed by atoms with van der Waals surface area (Å²) in [5.41, 5.74) is 0.228. The average Bonchev–Trinajstić information content (AvgIpc) is 2.87. The molecule has 2 rings (SSSR count). The Morgan fingerprint density at radius 3 is 2.71 bits per heavy atom. The summed E-state index contributed by atoms with van der Waals surface area (Å²) in [4.78, 5) is 22.1. The van der Waals surface area contributed by atoms with Gasteiger partial charge < -0.3 is 8.83 Å². The van der Waals surface area contributed by atoms with Gasteiger partial charge in [-0.25, -0.2) is 0 Å². The van der Waals surface area contributed by atoms with Crippen molar-refractivity contribution in [3.63, 3.8) is 0 Å². The molecule has 0 aromatic carbocycles. The van der Waals surface area contributed by atoms with Gasteiger partial charge in [-0.3, -0.25) is 9.59 Å². The van der Waals surface area contributed by atoms with Crippen molar-refractivity contribution in [3.8, 4) is 0 Å². The first-order valence-corrected chi connectivity index (χ1v) is 3.94. The van der Waals surface area contributed by atoms with Gasteiger partial charge in [0.05, 0.1) is 18.1 Å². The first-order valence-electron chi connectivity index (χ1n) is 3.94. The molecule has 0 bridgehead atoms. The Bertz CT molecular complexity index is 450. The highest BCUT2D eigenvalue weighted by atomic mass is 16.4. The SMILES string of the molecule is O=Cc1ccoc1C(=O)c1ccco1. The quantitative estimate of drug-likeness (QED) is 0.548. The second-order valence-electron chi connectivity index (χ2n) is 2.63. The summed E-state index contributed by atoms with van der Waals surface area (Å²) in [6, 6.07) is 4.54. The number of carbonyl (C=O) groups excluding carboxylic acids is 2. The van der Waals surface area contributed by atoms with Gasteiger partial charge in [-0.1, -0.05) is 0 Å². The van der Waals surface area contributed by atoms with Crippen molar-refractivity contribution < 1.29 is 18.4 Å². The molecule has 2 aromatic rings. The Morgan fingerprint density at radius 1 is 1.21 bits per heavy atom. The fourth-order valence-electron chi connectivity index (χ4n) is 1.12. The van der Waals surface area contributed by atoms with Crippen LogP contribution in [0.25, 0.3) is 0 Å². The molecule has 0 atom stereocenters. The van der Waals surface area contributed by atoms with Gasteiger partial charge in [-0.15, -0.1) is 0 Å². The van der Waals surface area contributed by atoms with E-state index in [2.05, 4.69) is 0 Å². The molecule has 0 aliphatic heterocycles. The first kappa shape index (κ1) is 8.50. The normalized spacial score (nSPS) is 10.0. The van der Waals surface area contributed by atoms with E-state index >= 15 is 0 Å². The molecule has 14 heavy (non-hydrogen) atoms. The fraction of sp³-hybridized carbons (Fsp3) is 0. The maximum absolute atomic E-state index is 11.6. The number of carbonyl (C=O) groups is 2. The molecule has 0 fully saturated rings. The fourth-order valence-corrected chi connectivity index (χ4v) is 1.12. The molecule has 2 heterocycles. The summed E-state index contributed by atoms with van der Waals surface area (Å²) in [5.74, 6) is -0.264. The van der Waals surface area contributed by atoms with Crippen LogP contribution in [0.5, 0.6) is 0 Å². The zero-order valence-electron chi connectivity index (χ0n) is 7.10. The smallest absolute Gasteiger partial charge is 0.263 e. The highest BCUT2D eigenvalue weighted by Gasteiger charge is 2.18. The van der Waals surface area contributed by atoms with Crippen LogP contribution in [0.1, 0.15) is 26.7 Å². The van der Waals surface area contributed by atoms with Crippen LogP contribution in [0.15, 0.2) is 39.6 Å². The van der Waals surface area contributed by atoms with Crippen LogP contribution in [-0.2, 0) is 0 Å². The van der Waals surface area contributed by atoms with E-state index in [0.717, 1.165) is 0 Å². The Kier molecular flexibility index (Phi) is 2.02. The number of aldehydes is 1. The number of hydrogen-bond acceptors (Lipinski definition) is 4. The lowest BCUT2D eigenvalue weighted by molar-refractivity contribution is 0.0975. The Labute approximate surface area is 79.1 Å². The van der Waals surface area contributed by atoms with Crippen molar-refractivity contribution in [3.05, 3.63) is 47.8 Å². The molecule has 0 aliphatic rings. The Hall–Kier alpha value is -2.10. The van der Waals surface area contributed by atoms with E-state index in [-0.39, 0.29) is 17.1 Å². The maximum Gasteiger partial charge on any atom is 0.263 e. The van der Waals surface area contributed by atoms with Gasteiger partial charge in [0.2, 0.25) is 0 Å². The van der Waals surface area contributed by atoms with Gasteiger partial charge in [0, 0.05) is 0 Å². The predicted octanol–water partition coefficient (Wildman–Crippen LogP) is 1.92. The van der Waals surface area contributed by atoms with Crippen LogP contribution in [0, 0.1) is 0 Å². The molecular weight excluding hydrogens is 184 g/mol. The van der Waals surface area contributed by atoms with Crippen molar-refractivity contribution in [2.45, 2.75) is 0 Å². The number of rotatable bonds is 3. The molecule has 0 N–H and O–H groups in total. The molecule has 4 heteroatoms. The summed E-state index contributed by atoms with van der Waals surface area (Å²) in [6.07, 6.45) is 3.25. The van der Waals surface area contributed by atoms with Gasteiger partial charge in [-0.2, -0.15) is 0 Å². The monoisotopic (exact) mass is 190 g/mol. The lowest BCUT2D eigenvalue weighted by atomic mass is 10.2. The number of ketones is 1. The van der Waals surface area contributed by atoms with Crippen LogP contribution >= 0.6 is 0 Å². The topological polar surface area (TPSA) is 60.4 Å². The Morgan fingerprint density at radius 2 is 2.07 bits per heavy atom. The van der Waals surface area contributed by atoms with E-state index in [1.807, 2.05) is 0 Å². The zero-order valence-corrected chi connectivity index (χ0v) is 7.10. The highest BCUT2D eigenvalue weighted by molar-refractivity contribution is 6.09. The van der Waals surface area contributed by atoms with E-state index in [1.165, 1.54) is 24.7 Å². The molecule has 0 saturated carbocycles. The third kappa shape index (κ3) is 1.26. The minimum absolute atomic E-state index is 0.00921. The maximum atomic E-state index is 11.6. The van der Waals surface area contributed by atoms with Gasteiger partial charge in [-0.05, 0) is 18.2 Å². The lowest BCUT2D eigenvalue weighted by Gasteiger charge is -1.92. The highest BCUT2D eigenvalue weighted by Crippen LogP contribution is 2.14. The van der Waals surface area contributed by atoms with Gasteiger partial charge >= 0.3 is 0 Å². The molecule has 0 radical (unpaired) electrons. The van der Waals surface area contributed by atoms with E-state index in [9.17, 15) is 9.59 Å². The van der Waals surface area contributed by atoms with Crippen LogP contribution in [0.3, 0.4) is 0 Å². The summed E-state index contributed by atoms with van der Waals surface area (Å²) in [5, 5.41) is 0. The van der Waals surface area contributed by atoms with Crippen LogP contribution in [0.4, 0.5) is 0 Å². The third-order valence-corrected chi connectivity index (χ3v) is 1.77. The molecule has 0 spiro atoms. The molecule has 70 valence electrons. The summed E-state index contributed by atoms with van der Waals surface area (Å²) in [7, 11) is 0. The summed E-state index contributed by atoms with van der Waals surface area (Å²) >= 11 is 0. The van der Waals surface area contributed by atoms with Crippen molar-refractivity contribution in [2.75, 3.05) is 0 Å². The van der Waals surface area contributed by atoms with E-state index in [4.69, 9.17) is 8.83 Å². The zero-order chi connectivity index (χ0) is 9.97. The predicted molar refractivity (Wildman–Crippen MR) is 46.2 cm³/mol. The Balaban J connectivity index is 2.41. The summed E-state index contributed by atoms with van der Waals surface area (Å²) < 4.78 is 9.79. The average molecular weight is 190 g/mol. The second-order valence-corrected chi connectivity index (χ2v) is 2.63. The molecule has 0 unspecified atom stereocenters. The minimum atomic E-state index is -0.429. The molecule has 4 nitrogen and oxygen atoms in total. The second kappa shape index (κ2) is 3.33. The van der Waals surface area contributed by atoms with Gasteiger partial charge in [0.15, 0.2) is 17.8 Å². The molecular formula is C10H6O4. The van der Waals surface area contributed by atoms with E-state index < -0.39 is 5.78 Å². The standard InChI is InChI=1S/C10H6O4/c11-6-7-3-5-14-10(7)9(12)8-2-1-4-13-8/h1-6H. The van der Waals surface area contributed by atoms with Gasteiger partial charge in [0.25, 0.3) is 5.78 Å². The van der Waals surface area contributed by atoms with Crippen molar-refractivity contribution in [2.24, 2.45) is 0 Å². The molecule has 0 aliphatic carbocycles. The van der Waals surface area contributed by atoms with E-state index in [0.29, 0.717) is 6.29 Å². The lowest BCUT2D eigenvalue weighted by Crippen LogP contribution is -2.00. The van der Waals surface area contributed by atoms with Crippen molar-refractivity contribution >= 4 is 12.1 Å². The van der Waals surface area contributed by atoms with Gasteiger partial charge in [0.1, 0.15) is 0 Å². The molecule has 2 aromatic heterocycles. The summed E-state index contributed by atoms with van der Waals surface area (Å²) in [6.45, 7) is 0. The number of hydrogen-bond donors (Lipinski definition) is 0. The largest absolute Gasteiger partial charge is 0.461 e. The van der Waals surface area contributed by atoms with Crippen molar-refractivity contribution in [1.82, 2.24) is 0 Å². The first-order chi connectivity index (χ1) is 6.83. The minimum Gasteiger partial charge on any atom is -0.461 e. The molecule has 0 saturated heterocycles. The third-order valence-electron chi connectivity index (χ3n) is 1.77. The number of furan rings is 2. The van der Waals surface area contributed by atoms with Crippen LogP contribution < -0.4 is 0 Å². The van der Waals surface area contributed by atoms with Crippen LogP contribution in [0.2, 0.25) is 0 Å². The van der Waals surface area contributed by atoms with Crippen molar-refractivity contribution in [1.29, 1.82) is 0 Å². The molecule has 0 amide bonds. The van der Waals surface area contributed by atoms with Crippen LogP contribution in [-0.4, -0.2) is 12.1 Å².